The van der Waals surface area contributed by atoms with Crippen molar-refractivity contribution in [1.82, 2.24) is 4.90 Å². The highest BCUT2D eigenvalue weighted by atomic mass is 16.7. The van der Waals surface area contributed by atoms with Crippen molar-refractivity contribution in [2.24, 2.45) is 0 Å². The van der Waals surface area contributed by atoms with E-state index in [4.69, 9.17) is 18.6 Å². The van der Waals surface area contributed by atoms with Gasteiger partial charge in [-0.2, -0.15) is 0 Å². The van der Waals surface area contributed by atoms with E-state index >= 15 is 0 Å². The number of carbonyl (C=O) groups excluding carboxylic acids is 3. The van der Waals surface area contributed by atoms with Gasteiger partial charge in [-0.1, -0.05) is 24.3 Å². The van der Waals surface area contributed by atoms with E-state index in [1.165, 1.54) is 14.2 Å². The normalized spacial score (nSPS) is 16.6. The first kappa shape index (κ1) is 19.5. The Balaban J connectivity index is 1.95. The molecular weight excluding hydrogens is 378 g/mol. The maximum Gasteiger partial charge on any atom is 0.258 e. The number of morpholine rings is 1. The van der Waals surface area contributed by atoms with E-state index in [0.717, 1.165) is 0 Å². The molecular formula is C21H21NO7. The molecule has 0 radical (unpaired) electrons. The first-order valence-corrected chi connectivity index (χ1v) is 9.26. The van der Waals surface area contributed by atoms with Crippen molar-refractivity contribution in [3.63, 3.8) is 0 Å². The summed E-state index contributed by atoms with van der Waals surface area (Å²) in [7, 11) is 2.79. The van der Waals surface area contributed by atoms with E-state index in [9.17, 15) is 14.4 Å². The maximum atomic E-state index is 13.4. The number of carbonyl (C=O) groups is 3. The molecule has 8 nitrogen and oxygen atoms in total. The number of hydrogen-bond donors (Lipinski definition) is 0. The number of rotatable bonds is 4. The monoisotopic (exact) mass is 399 g/mol. The molecule has 0 bridgehead atoms. The van der Waals surface area contributed by atoms with Gasteiger partial charge in [-0.05, 0) is 6.92 Å². The van der Waals surface area contributed by atoms with Gasteiger partial charge in [-0.3, -0.25) is 14.4 Å². The molecule has 2 aromatic rings. The predicted octanol–water partition coefficient (Wildman–Crippen LogP) is 1.99. The van der Waals surface area contributed by atoms with Crippen LogP contribution < -0.4 is 0 Å². The van der Waals surface area contributed by atoms with Crippen LogP contribution in [0.25, 0.3) is 0 Å². The van der Waals surface area contributed by atoms with E-state index in [1.807, 2.05) is 0 Å². The molecule has 8 heteroatoms. The number of ketones is 2. The number of methoxy groups -OCH3 is 2. The Morgan fingerprint density at radius 1 is 1.03 bits per heavy atom. The molecule has 1 amide bonds. The number of fused-ring (bicyclic) bond motifs is 2. The lowest BCUT2D eigenvalue weighted by Crippen LogP contribution is -2.42. The van der Waals surface area contributed by atoms with E-state index in [1.54, 1.807) is 36.1 Å². The quantitative estimate of drug-likeness (QED) is 0.619. The molecule has 1 fully saturated rings. The zero-order chi connectivity index (χ0) is 20.8. The van der Waals surface area contributed by atoms with Crippen molar-refractivity contribution < 1.29 is 33.0 Å². The van der Waals surface area contributed by atoms with Crippen LogP contribution in [0.4, 0.5) is 0 Å². The molecule has 1 saturated heterocycles. The van der Waals surface area contributed by atoms with Crippen LogP contribution in [0.5, 0.6) is 0 Å². The molecule has 1 aliphatic carbocycles. The molecule has 4 rings (SSSR count). The zero-order valence-corrected chi connectivity index (χ0v) is 16.4. The SMILES string of the molecule is COC(C)(OC)c1oc2c(c1C(=O)N1CCOCC1)C(=O)c1ccccc1C2=O. The molecule has 29 heavy (non-hydrogen) atoms. The number of hydrogen-bond acceptors (Lipinski definition) is 7. The minimum Gasteiger partial charge on any atom is -0.450 e. The summed E-state index contributed by atoms with van der Waals surface area (Å²) in [5.41, 5.74) is 0.443. The van der Waals surface area contributed by atoms with Crippen molar-refractivity contribution in [1.29, 1.82) is 0 Å². The van der Waals surface area contributed by atoms with Gasteiger partial charge >= 0.3 is 0 Å². The second kappa shape index (κ2) is 7.22. The molecule has 2 heterocycles. The highest BCUT2D eigenvalue weighted by Crippen LogP contribution is 2.39. The summed E-state index contributed by atoms with van der Waals surface area (Å²) in [6.45, 7) is 3.09. The molecule has 0 unspecified atom stereocenters. The third-order valence-electron chi connectivity index (χ3n) is 5.46. The third kappa shape index (κ3) is 2.91. The summed E-state index contributed by atoms with van der Waals surface area (Å²) in [6, 6.07) is 6.48. The molecule has 1 aromatic carbocycles. The topological polar surface area (TPSA) is 95.3 Å². The molecule has 0 N–H and O–H groups in total. The fourth-order valence-corrected chi connectivity index (χ4v) is 3.66. The molecule has 0 saturated carbocycles. The van der Waals surface area contributed by atoms with Crippen molar-refractivity contribution in [3.8, 4) is 0 Å². The van der Waals surface area contributed by atoms with Gasteiger partial charge in [0.15, 0.2) is 17.3 Å². The van der Waals surface area contributed by atoms with Crippen LogP contribution in [-0.4, -0.2) is 62.9 Å². The number of furan rings is 1. The lowest BCUT2D eigenvalue weighted by Gasteiger charge is -2.29. The second-order valence-electron chi connectivity index (χ2n) is 6.97. The van der Waals surface area contributed by atoms with E-state index < -0.39 is 23.3 Å². The zero-order valence-electron chi connectivity index (χ0n) is 16.4. The number of ether oxygens (including phenoxy) is 3. The van der Waals surface area contributed by atoms with Crippen molar-refractivity contribution in [2.75, 3.05) is 40.5 Å². The summed E-state index contributed by atoms with van der Waals surface area (Å²) in [6.07, 6.45) is 0. The van der Waals surface area contributed by atoms with Crippen LogP contribution in [0.2, 0.25) is 0 Å². The van der Waals surface area contributed by atoms with Gasteiger partial charge < -0.3 is 23.5 Å². The maximum absolute atomic E-state index is 13.4. The highest BCUT2D eigenvalue weighted by molar-refractivity contribution is 6.30. The van der Waals surface area contributed by atoms with Crippen LogP contribution in [0.3, 0.4) is 0 Å². The Kier molecular flexibility index (Phi) is 4.85. The van der Waals surface area contributed by atoms with Crippen LogP contribution in [-0.2, 0) is 20.0 Å². The minimum absolute atomic E-state index is 0.000882. The smallest absolute Gasteiger partial charge is 0.258 e. The number of amides is 1. The summed E-state index contributed by atoms with van der Waals surface area (Å²) in [5, 5.41) is 0. The Morgan fingerprint density at radius 3 is 2.21 bits per heavy atom. The molecule has 1 aromatic heterocycles. The van der Waals surface area contributed by atoms with Gasteiger partial charge in [0.2, 0.25) is 11.6 Å². The predicted molar refractivity (Wildman–Crippen MR) is 100 cm³/mol. The second-order valence-corrected chi connectivity index (χ2v) is 6.97. The largest absolute Gasteiger partial charge is 0.450 e. The molecule has 2 aliphatic rings. The van der Waals surface area contributed by atoms with Gasteiger partial charge in [0.1, 0.15) is 0 Å². The highest BCUT2D eigenvalue weighted by Gasteiger charge is 2.45. The van der Waals surface area contributed by atoms with Crippen molar-refractivity contribution in [3.05, 3.63) is 58.0 Å². The van der Waals surface area contributed by atoms with Crippen LogP contribution in [0.1, 0.15) is 55.1 Å². The summed E-state index contributed by atoms with van der Waals surface area (Å²) < 4.78 is 22.0. The first-order chi connectivity index (χ1) is 13.9. The van der Waals surface area contributed by atoms with Gasteiger partial charge in [-0.15, -0.1) is 0 Å². The average Bonchev–Trinajstić information content (AvgIpc) is 3.18. The fraction of sp³-hybridized carbons (Fsp3) is 0.381. The Hall–Kier alpha value is -2.81. The van der Waals surface area contributed by atoms with Crippen LogP contribution >= 0.6 is 0 Å². The van der Waals surface area contributed by atoms with E-state index in [-0.39, 0.29) is 33.8 Å². The van der Waals surface area contributed by atoms with Gasteiger partial charge in [-0.25, -0.2) is 0 Å². The standard InChI is InChI=1S/C21H21NO7/c1-21(26-2,27-3)19-15(20(25)22-8-10-28-11-9-22)14-16(23)12-6-4-5-7-13(12)17(24)18(14)29-19/h4-7H,8-11H2,1-3H3. The van der Waals surface area contributed by atoms with Gasteiger partial charge in [0.25, 0.3) is 5.91 Å². The lowest BCUT2D eigenvalue weighted by molar-refractivity contribution is -0.213. The van der Waals surface area contributed by atoms with Crippen LogP contribution in [0, 0.1) is 0 Å². The Labute approximate surface area is 167 Å². The average molecular weight is 399 g/mol. The molecule has 1 aliphatic heterocycles. The molecule has 152 valence electrons. The third-order valence-corrected chi connectivity index (χ3v) is 5.46. The lowest BCUT2D eigenvalue weighted by atomic mass is 9.85. The Morgan fingerprint density at radius 2 is 1.62 bits per heavy atom. The summed E-state index contributed by atoms with van der Waals surface area (Å²) in [4.78, 5) is 41.3. The summed E-state index contributed by atoms with van der Waals surface area (Å²) in [5.74, 6) is -2.93. The van der Waals surface area contributed by atoms with E-state index in [0.29, 0.717) is 26.3 Å². The van der Waals surface area contributed by atoms with Gasteiger partial charge in [0, 0.05) is 38.4 Å². The summed E-state index contributed by atoms with van der Waals surface area (Å²) >= 11 is 0. The fourth-order valence-electron chi connectivity index (χ4n) is 3.66. The Bertz CT molecular complexity index is 996. The van der Waals surface area contributed by atoms with Crippen molar-refractivity contribution in [2.45, 2.75) is 12.7 Å². The van der Waals surface area contributed by atoms with Crippen LogP contribution in [0.15, 0.2) is 28.7 Å². The first-order valence-electron chi connectivity index (χ1n) is 9.26. The van der Waals surface area contributed by atoms with Crippen molar-refractivity contribution >= 4 is 17.5 Å². The molecule has 0 atom stereocenters. The number of nitrogens with zero attached hydrogens (tertiary/aromatic N) is 1. The molecule has 0 spiro atoms. The van der Waals surface area contributed by atoms with Gasteiger partial charge in [0.05, 0.1) is 24.3 Å². The van der Waals surface area contributed by atoms with E-state index in [2.05, 4.69) is 0 Å². The minimum atomic E-state index is -1.46. The number of benzene rings is 1.